The van der Waals surface area contributed by atoms with E-state index in [1.807, 2.05) is 13.0 Å². The smallest absolute Gasteiger partial charge is 0.257 e. The Labute approximate surface area is 120 Å². The third kappa shape index (κ3) is 2.72. The maximum Gasteiger partial charge on any atom is 0.257 e. The molecule has 5 heteroatoms. The molecule has 1 aromatic heterocycles. The molecule has 19 heavy (non-hydrogen) atoms. The summed E-state index contributed by atoms with van der Waals surface area (Å²) in [6.45, 7) is 3.70. The van der Waals surface area contributed by atoms with E-state index in [9.17, 15) is 9.59 Å². The summed E-state index contributed by atoms with van der Waals surface area (Å²) >= 11 is 11.4. The molecule has 0 unspecified atom stereocenters. The third-order valence-corrected chi connectivity index (χ3v) is 3.32. The molecule has 1 aromatic carbocycles. The zero-order chi connectivity index (χ0) is 14.2. The molecule has 2 aromatic rings. The van der Waals surface area contributed by atoms with Crippen molar-refractivity contribution >= 4 is 28.4 Å². The lowest BCUT2D eigenvalue weighted by atomic mass is 10.1. The van der Waals surface area contributed by atoms with Crippen LogP contribution in [0.3, 0.4) is 0 Å². The van der Waals surface area contributed by atoms with Crippen LogP contribution in [0.2, 0.25) is 5.02 Å². The maximum atomic E-state index is 11.7. The number of carbonyl (C=O) groups excluding carboxylic acids is 1. The number of aromatic nitrogens is 1. The molecule has 3 nitrogen and oxygen atoms in total. The Morgan fingerprint density at radius 2 is 1.89 bits per heavy atom. The van der Waals surface area contributed by atoms with Crippen molar-refractivity contribution in [2.45, 2.75) is 13.8 Å². The van der Waals surface area contributed by atoms with E-state index in [2.05, 4.69) is 0 Å². The zero-order valence-corrected chi connectivity index (χ0v) is 11.9. The molecule has 1 heterocycles. The number of benzene rings is 1. The SMILES string of the molecule is Cc1ccc(Cl)cc1-n1cc(C(=O)Cl)c(=O)cc1C. The van der Waals surface area contributed by atoms with Gasteiger partial charge in [-0.3, -0.25) is 9.59 Å². The van der Waals surface area contributed by atoms with E-state index >= 15 is 0 Å². The van der Waals surface area contributed by atoms with Gasteiger partial charge >= 0.3 is 0 Å². The molecule has 0 amide bonds. The number of hydrogen-bond acceptors (Lipinski definition) is 2. The minimum atomic E-state index is -0.765. The van der Waals surface area contributed by atoms with Gasteiger partial charge in [0.1, 0.15) is 0 Å². The predicted octanol–water partition coefficient (Wildman–Crippen LogP) is 3.49. The molecular formula is C14H11Cl2NO2. The van der Waals surface area contributed by atoms with Crippen LogP contribution in [0.25, 0.3) is 5.69 Å². The average molecular weight is 296 g/mol. The highest BCUT2D eigenvalue weighted by molar-refractivity contribution is 6.67. The monoisotopic (exact) mass is 295 g/mol. The minimum absolute atomic E-state index is 0.0494. The van der Waals surface area contributed by atoms with E-state index in [0.717, 1.165) is 11.3 Å². The number of aryl methyl sites for hydroxylation is 2. The second kappa shape index (κ2) is 5.19. The number of nitrogens with zero attached hydrogens (tertiary/aromatic N) is 1. The largest absolute Gasteiger partial charge is 0.320 e. The number of rotatable bonds is 2. The normalized spacial score (nSPS) is 10.5. The summed E-state index contributed by atoms with van der Waals surface area (Å²) < 4.78 is 1.73. The first-order valence-electron chi connectivity index (χ1n) is 5.60. The van der Waals surface area contributed by atoms with Gasteiger partial charge < -0.3 is 4.57 Å². The van der Waals surface area contributed by atoms with E-state index in [0.29, 0.717) is 10.7 Å². The highest BCUT2D eigenvalue weighted by Crippen LogP contribution is 2.21. The lowest BCUT2D eigenvalue weighted by Crippen LogP contribution is -2.16. The quantitative estimate of drug-likeness (QED) is 0.796. The van der Waals surface area contributed by atoms with Gasteiger partial charge in [0.15, 0.2) is 5.43 Å². The predicted molar refractivity (Wildman–Crippen MR) is 76.7 cm³/mol. The Hall–Kier alpha value is -1.58. The number of carbonyl (C=O) groups is 1. The highest BCUT2D eigenvalue weighted by atomic mass is 35.5. The Morgan fingerprint density at radius 1 is 1.21 bits per heavy atom. The summed E-state index contributed by atoms with van der Waals surface area (Å²) in [5.74, 6) is 0. The summed E-state index contributed by atoms with van der Waals surface area (Å²) in [6, 6.07) is 6.82. The van der Waals surface area contributed by atoms with Gasteiger partial charge in [-0.15, -0.1) is 0 Å². The first-order valence-corrected chi connectivity index (χ1v) is 6.35. The molecule has 0 saturated carbocycles. The molecule has 0 spiro atoms. The van der Waals surface area contributed by atoms with Crippen molar-refractivity contribution in [3.63, 3.8) is 0 Å². The van der Waals surface area contributed by atoms with Crippen LogP contribution in [-0.4, -0.2) is 9.81 Å². The van der Waals surface area contributed by atoms with Crippen LogP contribution >= 0.6 is 23.2 Å². The maximum absolute atomic E-state index is 11.7. The third-order valence-electron chi connectivity index (χ3n) is 2.89. The molecule has 0 fully saturated rings. The molecule has 0 bridgehead atoms. The number of halogens is 2. The minimum Gasteiger partial charge on any atom is -0.320 e. The molecule has 0 aliphatic heterocycles. The van der Waals surface area contributed by atoms with Crippen LogP contribution < -0.4 is 5.43 Å². The van der Waals surface area contributed by atoms with E-state index in [1.54, 1.807) is 23.6 Å². The van der Waals surface area contributed by atoms with Crippen molar-refractivity contribution in [2.24, 2.45) is 0 Å². The molecular weight excluding hydrogens is 285 g/mol. The summed E-state index contributed by atoms with van der Waals surface area (Å²) in [6.07, 6.45) is 1.45. The second-order valence-electron chi connectivity index (χ2n) is 4.27. The van der Waals surface area contributed by atoms with Gasteiger partial charge in [-0.05, 0) is 43.1 Å². The zero-order valence-electron chi connectivity index (χ0n) is 10.4. The summed E-state index contributed by atoms with van der Waals surface area (Å²) in [5, 5.41) is -0.184. The van der Waals surface area contributed by atoms with Crippen LogP contribution in [0.4, 0.5) is 0 Å². The van der Waals surface area contributed by atoms with E-state index in [4.69, 9.17) is 23.2 Å². The number of hydrogen-bond donors (Lipinski definition) is 0. The van der Waals surface area contributed by atoms with Crippen molar-refractivity contribution in [3.8, 4) is 5.69 Å². The average Bonchev–Trinajstić information content (AvgIpc) is 2.32. The van der Waals surface area contributed by atoms with Crippen LogP contribution in [0, 0.1) is 13.8 Å². The van der Waals surface area contributed by atoms with Crippen LogP contribution in [-0.2, 0) is 0 Å². The van der Waals surface area contributed by atoms with E-state index in [1.165, 1.54) is 12.3 Å². The van der Waals surface area contributed by atoms with Crippen LogP contribution in [0.1, 0.15) is 21.6 Å². The van der Waals surface area contributed by atoms with Crippen molar-refractivity contribution in [1.82, 2.24) is 4.57 Å². The van der Waals surface area contributed by atoms with E-state index < -0.39 is 5.24 Å². The van der Waals surface area contributed by atoms with Crippen LogP contribution in [0.5, 0.6) is 0 Å². The lowest BCUT2D eigenvalue weighted by molar-refractivity contribution is 0.108. The van der Waals surface area contributed by atoms with Gasteiger partial charge in [-0.2, -0.15) is 0 Å². The molecule has 0 atom stereocenters. The molecule has 0 aliphatic rings. The van der Waals surface area contributed by atoms with Gasteiger partial charge in [0.05, 0.1) is 5.56 Å². The second-order valence-corrected chi connectivity index (χ2v) is 5.05. The van der Waals surface area contributed by atoms with Crippen molar-refractivity contribution in [2.75, 3.05) is 0 Å². The lowest BCUT2D eigenvalue weighted by Gasteiger charge is -2.14. The topological polar surface area (TPSA) is 39.1 Å². The standard InChI is InChI=1S/C14H11Cl2NO2/c1-8-3-4-10(15)6-12(8)17-7-11(14(16)19)13(18)5-9(17)2/h3-7H,1-2H3. The first-order chi connectivity index (χ1) is 8.90. The fraction of sp³-hybridized carbons (Fsp3) is 0.143. The molecule has 0 radical (unpaired) electrons. The first kappa shape index (κ1) is 13.8. The molecule has 0 saturated heterocycles. The molecule has 2 rings (SSSR count). The Bertz CT molecular complexity index is 720. The summed E-state index contributed by atoms with van der Waals surface area (Å²) in [4.78, 5) is 22.9. The fourth-order valence-electron chi connectivity index (χ4n) is 1.88. The van der Waals surface area contributed by atoms with Crippen molar-refractivity contribution < 1.29 is 4.79 Å². The molecule has 0 aliphatic carbocycles. The number of pyridine rings is 1. The van der Waals surface area contributed by atoms with Crippen LogP contribution in [0.15, 0.2) is 35.3 Å². The Morgan fingerprint density at radius 3 is 2.53 bits per heavy atom. The van der Waals surface area contributed by atoms with Crippen molar-refractivity contribution in [1.29, 1.82) is 0 Å². The van der Waals surface area contributed by atoms with Gasteiger partial charge in [0, 0.05) is 28.7 Å². The van der Waals surface area contributed by atoms with Gasteiger partial charge in [-0.25, -0.2) is 0 Å². The van der Waals surface area contributed by atoms with E-state index in [-0.39, 0.29) is 11.0 Å². The molecule has 0 N–H and O–H groups in total. The van der Waals surface area contributed by atoms with Gasteiger partial charge in [-0.1, -0.05) is 17.7 Å². The summed E-state index contributed by atoms with van der Waals surface area (Å²) in [7, 11) is 0. The van der Waals surface area contributed by atoms with Gasteiger partial charge in [0.2, 0.25) is 0 Å². The Kier molecular flexibility index (Phi) is 3.78. The summed E-state index contributed by atoms with van der Waals surface area (Å²) in [5.41, 5.74) is 2.06. The Balaban J connectivity index is 2.75. The molecule has 98 valence electrons. The van der Waals surface area contributed by atoms with Crippen molar-refractivity contribution in [3.05, 3.63) is 62.5 Å². The fourth-order valence-corrected chi connectivity index (χ4v) is 2.19. The highest BCUT2D eigenvalue weighted by Gasteiger charge is 2.12. The van der Waals surface area contributed by atoms with Gasteiger partial charge in [0.25, 0.3) is 5.24 Å².